The Balaban J connectivity index is 2.04. The van der Waals surface area contributed by atoms with Crippen LogP contribution in [-0.4, -0.2) is 12.1 Å². The Bertz CT molecular complexity index is 802. The number of halogens is 2. The second-order valence-electron chi connectivity index (χ2n) is 5.16. The zero-order valence-corrected chi connectivity index (χ0v) is 14.1. The molecule has 0 spiro atoms. The molecule has 0 bridgehead atoms. The van der Waals surface area contributed by atoms with Gasteiger partial charge in [-0.25, -0.2) is 4.98 Å². The molecule has 2 nitrogen and oxygen atoms in total. The number of pyridine rings is 1. The molecule has 2 aromatic carbocycles. The van der Waals surface area contributed by atoms with Crippen molar-refractivity contribution in [2.45, 2.75) is 6.42 Å². The Hall–Kier alpha value is -2.03. The summed E-state index contributed by atoms with van der Waals surface area (Å²) >= 11 is 12.3. The first-order chi connectivity index (χ1) is 11.2. The van der Waals surface area contributed by atoms with Gasteiger partial charge in [-0.15, -0.1) is 0 Å². The zero-order valence-electron chi connectivity index (χ0n) is 12.6. The normalized spacial score (nSPS) is 10.6. The molecule has 23 heavy (non-hydrogen) atoms. The largest absolute Gasteiger partial charge is 0.481 e. The third kappa shape index (κ3) is 3.66. The first-order valence-electron chi connectivity index (χ1n) is 7.20. The van der Waals surface area contributed by atoms with Crippen molar-refractivity contribution in [1.82, 2.24) is 4.98 Å². The molecule has 0 saturated heterocycles. The van der Waals surface area contributed by atoms with Crippen LogP contribution in [0.2, 0.25) is 10.2 Å². The predicted octanol–water partition coefficient (Wildman–Crippen LogP) is 5.65. The average molecular weight is 344 g/mol. The lowest BCUT2D eigenvalue weighted by Gasteiger charge is -2.12. The highest BCUT2D eigenvalue weighted by Crippen LogP contribution is 2.32. The topological polar surface area (TPSA) is 22.1 Å². The fraction of sp³-hybridized carbons (Fsp3) is 0.105. The van der Waals surface area contributed by atoms with Crippen LogP contribution in [0, 0.1) is 0 Å². The maximum atomic E-state index is 6.33. The molecule has 0 atom stereocenters. The molecule has 1 aromatic heterocycles. The smallest absolute Gasteiger partial charge is 0.218 e. The summed E-state index contributed by atoms with van der Waals surface area (Å²) in [4.78, 5) is 4.40. The summed E-state index contributed by atoms with van der Waals surface area (Å²) in [6, 6.07) is 19.8. The van der Waals surface area contributed by atoms with Gasteiger partial charge in [0.1, 0.15) is 5.15 Å². The summed E-state index contributed by atoms with van der Waals surface area (Å²) in [5.74, 6) is 0.552. The third-order valence-electron chi connectivity index (χ3n) is 3.60. The van der Waals surface area contributed by atoms with E-state index >= 15 is 0 Å². The second kappa shape index (κ2) is 7.03. The van der Waals surface area contributed by atoms with Crippen molar-refractivity contribution in [2.75, 3.05) is 7.11 Å². The van der Waals surface area contributed by atoms with Crippen molar-refractivity contribution in [3.63, 3.8) is 0 Å². The lowest BCUT2D eigenvalue weighted by molar-refractivity contribution is 0.393. The first-order valence-corrected chi connectivity index (χ1v) is 7.96. The molecule has 0 N–H and O–H groups in total. The molecule has 0 aliphatic heterocycles. The minimum absolute atomic E-state index is 0.418. The highest BCUT2D eigenvalue weighted by atomic mass is 35.5. The minimum Gasteiger partial charge on any atom is -0.481 e. The highest BCUT2D eigenvalue weighted by Gasteiger charge is 2.13. The van der Waals surface area contributed by atoms with Gasteiger partial charge in [-0.3, -0.25) is 0 Å². The molecule has 0 amide bonds. The van der Waals surface area contributed by atoms with Gasteiger partial charge in [0.15, 0.2) is 0 Å². The van der Waals surface area contributed by atoms with E-state index in [1.54, 1.807) is 7.11 Å². The lowest BCUT2D eigenvalue weighted by atomic mass is 10.0. The molecular weight excluding hydrogens is 329 g/mol. The average Bonchev–Trinajstić information content (AvgIpc) is 2.58. The molecule has 4 heteroatoms. The Morgan fingerprint density at radius 3 is 2.30 bits per heavy atom. The van der Waals surface area contributed by atoms with E-state index in [0.717, 1.165) is 23.1 Å². The molecule has 0 unspecified atom stereocenters. The van der Waals surface area contributed by atoms with E-state index < -0.39 is 0 Å². The Morgan fingerprint density at radius 1 is 0.957 bits per heavy atom. The molecule has 0 radical (unpaired) electrons. The predicted molar refractivity (Wildman–Crippen MR) is 95.5 cm³/mol. The van der Waals surface area contributed by atoms with Crippen LogP contribution >= 0.6 is 23.2 Å². The molecule has 0 fully saturated rings. The summed E-state index contributed by atoms with van der Waals surface area (Å²) in [5.41, 5.74) is 4.03. The SMILES string of the molecule is COc1nc(Cl)c(-c2ccc(Cl)cc2)cc1Cc1ccccc1. The van der Waals surface area contributed by atoms with Crippen molar-refractivity contribution in [2.24, 2.45) is 0 Å². The summed E-state index contributed by atoms with van der Waals surface area (Å²) in [5, 5.41) is 1.11. The van der Waals surface area contributed by atoms with Gasteiger partial charge >= 0.3 is 0 Å². The number of nitrogens with zero attached hydrogens (tertiary/aromatic N) is 1. The van der Waals surface area contributed by atoms with E-state index in [9.17, 15) is 0 Å². The van der Waals surface area contributed by atoms with Crippen LogP contribution in [0.3, 0.4) is 0 Å². The maximum Gasteiger partial charge on any atom is 0.218 e. The van der Waals surface area contributed by atoms with Crippen molar-refractivity contribution in [1.29, 1.82) is 0 Å². The molecule has 3 aromatic rings. The maximum absolute atomic E-state index is 6.33. The van der Waals surface area contributed by atoms with Gasteiger partial charge in [-0.05, 0) is 29.3 Å². The van der Waals surface area contributed by atoms with E-state index in [2.05, 4.69) is 17.1 Å². The molecule has 0 saturated carbocycles. The number of ether oxygens (including phenoxy) is 1. The first kappa shape index (κ1) is 15.9. The lowest BCUT2D eigenvalue weighted by Crippen LogP contribution is -1.98. The second-order valence-corrected chi connectivity index (χ2v) is 5.96. The van der Waals surface area contributed by atoms with Crippen LogP contribution in [0.5, 0.6) is 5.88 Å². The van der Waals surface area contributed by atoms with E-state index in [1.165, 1.54) is 5.56 Å². The quantitative estimate of drug-likeness (QED) is 0.570. The van der Waals surface area contributed by atoms with Gasteiger partial charge in [0.2, 0.25) is 5.88 Å². The molecule has 1 heterocycles. The van der Waals surface area contributed by atoms with Gasteiger partial charge in [-0.1, -0.05) is 65.7 Å². The molecular formula is C19H15Cl2NO. The van der Waals surface area contributed by atoms with E-state index in [-0.39, 0.29) is 0 Å². The van der Waals surface area contributed by atoms with Gasteiger partial charge in [-0.2, -0.15) is 0 Å². The summed E-state index contributed by atoms with van der Waals surface area (Å²) in [6.07, 6.45) is 0.731. The van der Waals surface area contributed by atoms with Crippen molar-refractivity contribution in [3.8, 4) is 17.0 Å². The number of benzene rings is 2. The van der Waals surface area contributed by atoms with Crippen LogP contribution < -0.4 is 4.74 Å². The zero-order chi connectivity index (χ0) is 16.2. The number of rotatable bonds is 4. The molecule has 0 aliphatic rings. The van der Waals surface area contributed by atoms with E-state index in [0.29, 0.717) is 16.1 Å². The Labute approximate surface area is 145 Å². The van der Waals surface area contributed by atoms with Crippen molar-refractivity contribution in [3.05, 3.63) is 82.0 Å². The van der Waals surface area contributed by atoms with Crippen LogP contribution in [0.1, 0.15) is 11.1 Å². The number of hydrogen-bond acceptors (Lipinski definition) is 2. The van der Waals surface area contributed by atoms with E-state index in [1.807, 2.05) is 48.5 Å². The summed E-state index contributed by atoms with van der Waals surface area (Å²) in [7, 11) is 1.61. The molecule has 0 aliphatic carbocycles. The van der Waals surface area contributed by atoms with Gasteiger partial charge in [0.05, 0.1) is 7.11 Å². The van der Waals surface area contributed by atoms with Gasteiger partial charge < -0.3 is 4.74 Å². The Morgan fingerprint density at radius 2 is 1.65 bits per heavy atom. The summed E-state index contributed by atoms with van der Waals surface area (Å²) in [6.45, 7) is 0. The number of methoxy groups -OCH3 is 1. The molecule has 3 rings (SSSR count). The van der Waals surface area contributed by atoms with Gasteiger partial charge in [0, 0.05) is 22.6 Å². The standard InChI is InChI=1S/C19H15Cl2NO/c1-23-19-15(11-13-5-3-2-4-6-13)12-17(18(21)22-19)14-7-9-16(20)10-8-14/h2-10,12H,11H2,1H3. The summed E-state index contributed by atoms with van der Waals surface area (Å²) < 4.78 is 5.39. The Kier molecular flexibility index (Phi) is 4.85. The van der Waals surface area contributed by atoms with Gasteiger partial charge in [0.25, 0.3) is 0 Å². The van der Waals surface area contributed by atoms with Crippen LogP contribution in [-0.2, 0) is 6.42 Å². The van der Waals surface area contributed by atoms with Crippen LogP contribution in [0.25, 0.3) is 11.1 Å². The van der Waals surface area contributed by atoms with Crippen LogP contribution in [0.15, 0.2) is 60.7 Å². The van der Waals surface area contributed by atoms with Crippen molar-refractivity contribution >= 4 is 23.2 Å². The molecule has 116 valence electrons. The monoisotopic (exact) mass is 343 g/mol. The fourth-order valence-corrected chi connectivity index (χ4v) is 2.83. The number of hydrogen-bond donors (Lipinski definition) is 0. The highest BCUT2D eigenvalue weighted by molar-refractivity contribution is 6.32. The fourth-order valence-electron chi connectivity index (χ4n) is 2.47. The number of aromatic nitrogens is 1. The van der Waals surface area contributed by atoms with E-state index in [4.69, 9.17) is 27.9 Å². The third-order valence-corrected chi connectivity index (χ3v) is 4.14. The van der Waals surface area contributed by atoms with Crippen molar-refractivity contribution < 1.29 is 4.74 Å². The minimum atomic E-state index is 0.418. The van der Waals surface area contributed by atoms with Crippen LogP contribution in [0.4, 0.5) is 0 Å².